The highest BCUT2D eigenvalue weighted by Crippen LogP contribution is 1.91. The number of pyridine rings is 1. The average Bonchev–Trinajstić information content (AvgIpc) is 2.04. The van der Waals surface area contributed by atoms with Gasteiger partial charge < -0.3 is 9.90 Å². The maximum Gasteiger partial charge on any atom is 0.186 e. The van der Waals surface area contributed by atoms with Crippen LogP contribution >= 0.6 is 0 Å². The van der Waals surface area contributed by atoms with Crippen molar-refractivity contribution in [3.8, 4) is 0 Å². The molecule has 0 aliphatic carbocycles. The summed E-state index contributed by atoms with van der Waals surface area (Å²) in [4.78, 5) is 10.3. The van der Waals surface area contributed by atoms with E-state index in [9.17, 15) is 9.90 Å². The van der Waals surface area contributed by atoms with Crippen molar-refractivity contribution in [2.45, 2.75) is 19.9 Å². The second kappa shape index (κ2) is 3.85. The summed E-state index contributed by atoms with van der Waals surface area (Å²) >= 11 is 0. The van der Waals surface area contributed by atoms with Gasteiger partial charge in [0.25, 0.3) is 0 Å². The number of carboxylic acid groups (broad SMARTS) is 1. The molecule has 0 saturated heterocycles. The van der Waals surface area contributed by atoms with Gasteiger partial charge in [0.2, 0.25) is 0 Å². The molecule has 0 radical (unpaired) electrons. The number of aryl methyl sites for hydroxylation is 1. The largest absolute Gasteiger partial charge is 0.550 e. The standard InChI is InChI=1S/C9H11NO2/c1-2-10-6-4-3-5-8(10)7-9(11)12/h3-6H,2,7H2,1H3. The van der Waals surface area contributed by atoms with Crippen molar-refractivity contribution in [1.82, 2.24) is 0 Å². The molecule has 0 aromatic carbocycles. The molecular weight excluding hydrogens is 154 g/mol. The van der Waals surface area contributed by atoms with E-state index in [1.807, 2.05) is 29.8 Å². The van der Waals surface area contributed by atoms with Crippen molar-refractivity contribution in [2.75, 3.05) is 0 Å². The van der Waals surface area contributed by atoms with Crippen LogP contribution in [0.2, 0.25) is 0 Å². The van der Waals surface area contributed by atoms with Crippen molar-refractivity contribution >= 4 is 5.97 Å². The van der Waals surface area contributed by atoms with Crippen LogP contribution in [0, 0.1) is 0 Å². The van der Waals surface area contributed by atoms with Crippen molar-refractivity contribution in [3.05, 3.63) is 30.1 Å². The maximum atomic E-state index is 10.3. The Kier molecular flexibility index (Phi) is 2.80. The summed E-state index contributed by atoms with van der Waals surface area (Å²) in [6, 6.07) is 5.49. The Labute approximate surface area is 71.3 Å². The van der Waals surface area contributed by atoms with Crippen LogP contribution in [0.3, 0.4) is 0 Å². The highest BCUT2D eigenvalue weighted by molar-refractivity contribution is 5.66. The van der Waals surface area contributed by atoms with E-state index in [1.165, 1.54) is 0 Å². The van der Waals surface area contributed by atoms with E-state index in [-0.39, 0.29) is 6.42 Å². The lowest BCUT2D eigenvalue weighted by Crippen LogP contribution is -2.39. The molecule has 0 atom stereocenters. The number of carbonyl (C=O) groups excluding carboxylic acids is 1. The summed E-state index contributed by atoms with van der Waals surface area (Å²) < 4.78 is 1.88. The van der Waals surface area contributed by atoms with Gasteiger partial charge in [-0.15, -0.1) is 0 Å². The van der Waals surface area contributed by atoms with Gasteiger partial charge in [-0.3, -0.25) is 0 Å². The van der Waals surface area contributed by atoms with Gasteiger partial charge in [0, 0.05) is 12.1 Å². The first kappa shape index (κ1) is 8.71. The lowest BCUT2D eigenvalue weighted by molar-refractivity contribution is -0.700. The second-order valence-electron chi connectivity index (χ2n) is 2.53. The number of hydrogen-bond donors (Lipinski definition) is 0. The molecule has 1 rings (SSSR count). The van der Waals surface area contributed by atoms with Crippen molar-refractivity contribution in [1.29, 1.82) is 0 Å². The molecule has 0 saturated carbocycles. The lowest BCUT2D eigenvalue weighted by Gasteiger charge is -2.01. The van der Waals surface area contributed by atoms with Crippen molar-refractivity contribution < 1.29 is 14.5 Å². The summed E-state index contributed by atoms with van der Waals surface area (Å²) in [6.07, 6.45) is 1.84. The number of carbonyl (C=O) groups is 1. The Bertz CT molecular complexity index is 284. The fourth-order valence-corrected chi connectivity index (χ4v) is 1.13. The molecule has 0 unspecified atom stereocenters. The van der Waals surface area contributed by atoms with Gasteiger partial charge >= 0.3 is 0 Å². The van der Waals surface area contributed by atoms with Crippen LogP contribution in [0.4, 0.5) is 0 Å². The van der Waals surface area contributed by atoms with Crippen LogP contribution in [0.25, 0.3) is 0 Å². The number of hydrogen-bond acceptors (Lipinski definition) is 2. The van der Waals surface area contributed by atoms with Gasteiger partial charge in [-0.1, -0.05) is 6.07 Å². The Balaban J connectivity index is 2.89. The van der Waals surface area contributed by atoms with E-state index in [0.29, 0.717) is 0 Å². The summed E-state index contributed by atoms with van der Waals surface area (Å²) in [5.41, 5.74) is 0.778. The van der Waals surface area contributed by atoms with E-state index < -0.39 is 5.97 Å². The van der Waals surface area contributed by atoms with E-state index in [0.717, 1.165) is 12.2 Å². The third-order valence-electron chi connectivity index (χ3n) is 1.70. The van der Waals surface area contributed by atoms with Crippen LogP contribution < -0.4 is 9.67 Å². The zero-order valence-electron chi connectivity index (χ0n) is 6.99. The molecule has 0 spiro atoms. The third-order valence-corrected chi connectivity index (χ3v) is 1.70. The monoisotopic (exact) mass is 165 g/mol. The third kappa shape index (κ3) is 2.05. The van der Waals surface area contributed by atoms with Gasteiger partial charge in [0.1, 0.15) is 6.54 Å². The first-order chi connectivity index (χ1) is 5.74. The zero-order valence-corrected chi connectivity index (χ0v) is 6.99. The normalized spacial score (nSPS) is 9.75. The predicted octanol–water partition coefficient (Wildman–Crippen LogP) is -0.714. The second-order valence-corrected chi connectivity index (χ2v) is 2.53. The fourth-order valence-electron chi connectivity index (χ4n) is 1.13. The van der Waals surface area contributed by atoms with Crippen LogP contribution in [0.5, 0.6) is 0 Å². The Hall–Kier alpha value is -1.38. The fraction of sp³-hybridized carbons (Fsp3) is 0.333. The first-order valence-corrected chi connectivity index (χ1v) is 3.91. The molecular formula is C9H11NO2. The van der Waals surface area contributed by atoms with E-state index in [2.05, 4.69) is 0 Å². The number of carboxylic acids is 1. The summed E-state index contributed by atoms with van der Waals surface area (Å²) in [5.74, 6) is -1.04. The highest BCUT2D eigenvalue weighted by Gasteiger charge is 2.05. The Morgan fingerprint density at radius 1 is 1.58 bits per heavy atom. The van der Waals surface area contributed by atoms with Crippen LogP contribution in [0.1, 0.15) is 12.6 Å². The minimum Gasteiger partial charge on any atom is -0.550 e. The van der Waals surface area contributed by atoms with Gasteiger partial charge in [-0.2, -0.15) is 0 Å². The molecule has 64 valence electrons. The van der Waals surface area contributed by atoms with Crippen LogP contribution in [-0.4, -0.2) is 5.97 Å². The topological polar surface area (TPSA) is 44.0 Å². The van der Waals surface area contributed by atoms with Crippen molar-refractivity contribution in [3.63, 3.8) is 0 Å². The molecule has 1 heterocycles. The molecule has 12 heavy (non-hydrogen) atoms. The smallest absolute Gasteiger partial charge is 0.186 e. The minimum absolute atomic E-state index is 0.0192. The zero-order chi connectivity index (χ0) is 8.97. The molecule has 3 nitrogen and oxygen atoms in total. The molecule has 0 aliphatic heterocycles. The Morgan fingerprint density at radius 3 is 2.92 bits per heavy atom. The molecule has 3 heteroatoms. The molecule has 1 aromatic rings. The van der Waals surface area contributed by atoms with Crippen molar-refractivity contribution in [2.24, 2.45) is 0 Å². The number of aliphatic carboxylic acids is 1. The molecule has 1 aromatic heterocycles. The number of rotatable bonds is 3. The summed E-state index contributed by atoms with van der Waals surface area (Å²) in [7, 11) is 0. The molecule has 0 N–H and O–H groups in total. The van der Waals surface area contributed by atoms with Gasteiger partial charge in [0.15, 0.2) is 11.9 Å². The minimum atomic E-state index is -1.04. The predicted molar refractivity (Wildman–Crippen MR) is 41.0 cm³/mol. The van der Waals surface area contributed by atoms with Gasteiger partial charge in [-0.05, 0) is 6.92 Å². The number of aromatic nitrogens is 1. The SMILES string of the molecule is CC[n+]1ccccc1CC(=O)[O-]. The number of nitrogens with zero attached hydrogens (tertiary/aromatic N) is 1. The van der Waals surface area contributed by atoms with E-state index in [1.54, 1.807) is 6.07 Å². The van der Waals surface area contributed by atoms with E-state index >= 15 is 0 Å². The van der Waals surface area contributed by atoms with E-state index in [4.69, 9.17) is 0 Å². The molecule has 0 bridgehead atoms. The van der Waals surface area contributed by atoms with Crippen LogP contribution in [0.15, 0.2) is 24.4 Å². The quantitative estimate of drug-likeness (QED) is 0.555. The first-order valence-electron chi connectivity index (χ1n) is 3.91. The Morgan fingerprint density at radius 2 is 2.33 bits per heavy atom. The van der Waals surface area contributed by atoms with Crippen LogP contribution in [-0.2, 0) is 17.8 Å². The highest BCUT2D eigenvalue weighted by atomic mass is 16.4. The maximum absolute atomic E-state index is 10.3. The molecule has 0 amide bonds. The summed E-state index contributed by atoms with van der Waals surface area (Å²) in [6.45, 7) is 2.75. The average molecular weight is 165 g/mol. The van der Waals surface area contributed by atoms with Gasteiger partial charge in [0.05, 0.1) is 12.4 Å². The summed E-state index contributed by atoms with van der Waals surface area (Å²) in [5, 5.41) is 10.3. The molecule has 0 aliphatic rings. The van der Waals surface area contributed by atoms with Gasteiger partial charge in [-0.25, -0.2) is 4.57 Å². The molecule has 0 fully saturated rings. The lowest BCUT2D eigenvalue weighted by atomic mass is 10.2.